The van der Waals surface area contributed by atoms with Gasteiger partial charge in [-0.3, -0.25) is 0 Å². The predicted molar refractivity (Wildman–Crippen MR) is 85.5 cm³/mol. The second-order valence-electron chi connectivity index (χ2n) is 5.37. The summed E-state index contributed by atoms with van der Waals surface area (Å²) in [7, 11) is 0. The fraction of sp³-hybridized carbons (Fsp3) is 0.625. The van der Waals surface area contributed by atoms with Crippen LogP contribution in [0.25, 0.3) is 0 Å². The van der Waals surface area contributed by atoms with Crippen LogP contribution in [0.1, 0.15) is 38.2 Å². The van der Waals surface area contributed by atoms with E-state index in [4.69, 9.17) is 11.6 Å². The molecule has 1 aliphatic rings. The summed E-state index contributed by atoms with van der Waals surface area (Å²) in [4.78, 5) is 2.35. The van der Waals surface area contributed by atoms with Crippen LogP contribution < -0.4 is 10.2 Å². The van der Waals surface area contributed by atoms with Crippen LogP contribution in [-0.2, 0) is 6.54 Å². The molecule has 112 valence electrons. The molecule has 0 aromatic heterocycles. The van der Waals surface area contributed by atoms with Crippen molar-refractivity contribution in [1.82, 2.24) is 5.32 Å². The highest BCUT2D eigenvalue weighted by Crippen LogP contribution is 2.33. The number of halogens is 1. The van der Waals surface area contributed by atoms with Crippen molar-refractivity contribution in [3.63, 3.8) is 0 Å². The van der Waals surface area contributed by atoms with Crippen molar-refractivity contribution in [2.24, 2.45) is 0 Å². The Morgan fingerprint density at radius 1 is 1.35 bits per heavy atom. The van der Waals surface area contributed by atoms with Crippen LogP contribution in [0.4, 0.5) is 5.69 Å². The highest BCUT2D eigenvalue weighted by Gasteiger charge is 2.24. The molecule has 0 spiro atoms. The van der Waals surface area contributed by atoms with Crippen molar-refractivity contribution in [3.8, 4) is 0 Å². The van der Waals surface area contributed by atoms with Gasteiger partial charge in [-0.05, 0) is 31.5 Å². The zero-order valence-corrected chi connectivity index (χ0v) is 13.0. The summed E-state index contributed by atoms with van der Waals surface area (Å²) >= 11 is 6.39. The summed E-state index contributed by atoms with van der Waals surface area (Å²) in [5.41, 5.74) is 2.33. The molecule has 0 atom stereocenters. The van der Waals surface area contributed by atoms with Crippen molar-refractivity contribution >= 4 is 17.3 Å². The lowest BCUT2D eigenvalue weighted by atomic mass is 10.1. The van der Waals surface area contributed by atoms with E-state index in [1.807, 2.05) is 12.1 Å². The van der Waals surface area contributed by atoms with Gasteiger partial charge in [0.1, 0.15) is 0 Å². The van der Waals surface area contributed by atoms with Crippen LogP contribution >= 0.6 is 11.6 Å². The zero-order chi connectivity index (χ0) is 14.4. The third kappa shape index (κ3) is 3.66. The standard InChI is InChI=1S/C16H25ClN2O/c1-2-18-12-14-15(17)8-5-9-16(14)19(10-11-20)13-6-3-4-7-13/h5,8-9,13,18,20H,2-4,6-7,10-12H2,1H3. The molecule has 4 heteroatoms. The molecule has 1 aromatic carbocycles. The number of aliphatic hydroxyl groups excluding tert-OH is 1. The molecule has 0 saturated heterocycles. The van der Waals surface area contributed by atoms with E-state index in [0.717, 1.165) is 23.7 Å². The minimum absolute atomic E-state index is 0.184. The first-order chi connectivity index (χ1) is 9.77. The van der Waals surface area contributed by atoms with Crippen molar-refractivity contribution < 1.29 is 5.11 Å². The zero-order valence-electron chi connectivity index (χ0n) is 12.2. The highest BCUT2D eigenvalue weighted by molar-refractivity contribution is 6.31. The Morgan fingerprint density at radius 3 is 2.75 bits per heavy atom. The van der Waals surface area contributed by atoms with Crippen LogP contribution in [0.3, 0.4) is 0 Å². The SMILES string of the molecule is CCNCc1c(Cl)cccc1N(CCO)C1CCCC1. The van der Waals surface area contributed by atoms with E-state index in [9.17, 15) is 5.11 Å². The van der Waals surface area contributed by atoms with Gasteiger partial charge in [0.25, 0.3) is 0 Å². The van der Waals surface area contributed by atoms with E-state index in [-0.39, 0.29) is 6.61 Å². The van der Waals surface area contributed by atoms with Gasteiger partial charge in [0.05, 0.1) is 6.61 Å². The van der Waals surface area contributed by atoms with Gasteiger partial charge in [0.15, 0.2) is 0 Å². The lowest BCUT2D eigenvalue weighted by Crippen LogP contribution is -2.36. The smallest absolute Gasteiger partial charge is 0.0606 e. The molecule has 1 saturated carbocycles. The Bertz CT molecular complexity index is 419. The lowest BCUT2D eigenvalue weighted by molar-refractivity contribution is 0.297. The summed E-state index contributed by atoms with van der Waals surface area (Å²) in [5, 5.41) is 13.6. The fourth-order valence-electron chi connectivity index (χ4n) is 3.06. The summed E-state index contributed by atoms with van der Waals surface area (Å²) < 4.78 is 0. The molecule has 0 amide bonds. The number of anilines is 1. The summed E-state index contributed by atoms with van der Waals surface area (Å²) in [6.45, 7) is 4.67. The van der Waals surface area contributed by atoms with Crippen molar-refractivity contribution in [1.29, 1.82) is 0 Å². The van der Waals surface area contributed by atoms with Crippen LogP contribution in [0.2, 0.25) is 5.02 Å². The Hall–Kier alpha value is -0.770. The Balaban J connectivity index is 2.28. The molecule has 3 nitrogen and oxygen atoms in total. The number of nitrogens with zero attached hydrogens (tertiary/aromatic N) is 1. The van der Waals surface area contributed by atoms with E-state index in [1.54, 1.807) is 0 Å². The number of hydrogen-bond donors (Lipinski definition) is 2. The third-order valence-electron chi connectivity index (χ3n) is 4.06. The summed E-state index contributed by atoms with van der Waals surface area (Å²) in [6, 6.07) is 6.63. The molecule has 0 aliphatic heterocycles. The molecule has 0 heterocycles. The first kappa shape index (κ1) is 15.6. The third-order valence-corrected chi connectivity index (χ3v) is 4.42. The van der Waals surface area contributed by atoms with Crippen molar-refractivity contribution in [2.75, 3.05) is 24.6 Å². The first-order valence-electron chi connectivity index (χ1n) is 7.63. The molecule has 1 fully saturated rings. The van der Waals surface area contributed by atoms with Crippen LogP contribution in [0, 0.1) is 0 Å². The minimum Gasteiger partial charge on any atom is -0.395 e. The largest absolute Gasteiger partial charge is 0.395 e. The first-order valence-corrected chi connectivity index (χ1v) is 8.01. The van der Waals surface area contributed by atoms with Crippen LogP contribution in [-0.4, -0.2) is 30.8 Å². The quantitative estimate of drug-likeness (QED) is 0.811. The van der Waals surface area contributed by atoms with Crippen LogP contribution in [0.5, 0.6) is 0 Å². The Labute approximate surface area is 126 Å². The predicted octanol–water partition coefficient (Wildman–Crippen LogP) is 3.19. The van der Waals surface area contributed by atoms with Gasteiger partial charge < -0.3 is 15.3 Å². The topological polar surface area (TPSA) is 35.5 Å². The van der Waals surface area contributed by atoms with E-state index in [0.29, 0.717) is 12.6 Å². The maximum absolute atomic E-state index is 9.40. The second-order valence-corrected chi connectivity index (χ2v) is 5.78. The average Bonchev–Trinajstić information content (AvgIpc) is 2.97. The van der Waals surface area contributed by atoms with Gasteiger partial charge in [-0.2, -0.15) is 0 Å². The molecular formula is C16H25ClN2O. The van der Waals surface area contributed by atoms with Gasteiger partial charge in [-0.25, -0.2) is 0 Å². The molecule has 1 aliphatic carbocycles. The molecule has 2 N–H and O–H groups in total. The average molecular weight is 297 g/mol. The molecule has 20 heavy (non-hydrogen) atoms. The molecule has 0 unspecified atom stereocenters. The van der Waals surface area contributed by atoms with E-state index >= 15 is 0 Å². The Kier molecular flexibility index (Phi) is 6.14. The number of nitrogens with one attached hydrogen (secondary N) is 1. The normalized spacial score (nSPS) is 15.8. The van der Waals surface area contributed by atoms with Crippen molar-refractivity contribution in [3.05, 3.63) is 28.8 Å². The molecular weight excluding hydrogens is 272 g/mol. The number of benzene rings is 1. The Morgan fingerprint density at radius 2 is 2.10 bits per heavy atom. The number of hydrogen-bond acceptors (Lipinski definition) is 3. The maximum atomic E-state index is 9.40. The summed E-state index contributed by atoms with van der Waals surface area (Å²) in [6.07, 6.45) is 5.01. The molecule has 0 radical (unpaired) electrons. The monoisotopic (exact) mass is 296 g/mol. The number of rotatable bonds is 7. The molecule has 1 aromatic rings. The second kappa shape index (κ2) is 7.87. The lowest BCUT2D eigenvalue weighted by Gasteiger charge is -2.32. The van der Waals surface area contributed by atoms with E-state index < -0.39 is 0 Å². The van der Waals surface area contributed by atoms with Gasteiger partial charge in [-0.1, -0.05) is 37.4 Å². The van der Waals surface area contributed by atoms with Gasteiger partial charge in [0.2, 0.25) is 0 Å². The number of aliphatic hydroxyl groups is 1. The molecule has 2 rings (SSSR count). The van der Waals surface area contributed by atoms with E-state index in [1.165, 1.54) is 31.4 Å². The van der Waals surface area contributed by atoms with Gasteiger partial charge in [-0.15, -0.1) is 0 Å². The van der Waals surface area contributed by atoms with Gasteiger partial charge in [0, 0.05) is 35.4 Å². The highest BCUT2D eigenvalue weighted by atomic mass is 35.5. The maximum Gasteiger partial charge on any atom is 0.0606 e. The summed E-state index contributed by atoms with van der Waals surface area (Å²) in [5.74, 6) is 0. The molecule has 0 bridgehead atoms. The minimum atomic E-state index is 0.184. The van der Waals surface area contributed by atoms with Crippen molar-refractivity contribution in [2.45, 2.75) is 45.2 Å². The van der Waals surface area contributed by atoms with Crippen LogP contribution in [0.15, 0.2) is 18.2 Å². The van der Waals surface area contributed by atoms with E-state index in [2.05, 4.69) is 23.2 Å². The fourth-order valence-corrected chi connectivity index (χ4v) is 3.30. The van der Waals surface area contributed by atoms with Gasteiger partial charge >= 0.3 is 0 Å².